The van der Waals surface area contributed by atoms with Gasteiger partial charge in [0.15, 0.2) is 0 Å². The molecule has 4 heteroatoms. The van der Waals surface area contributed by atoms with Gasteiger partial charge in [0, 0.05) is 6.54 Å². The minimum Gasteiger partial charge on any atom is -0.388 e. The first-order valence-corrected chi connectivity index (χ1v) is 5.62. The van der Waals surface area contributed by atoms with Gasteiger partial charge in [-0.05, 0) is 26.7 Å². The normalized spacial score (nSPS) is 19.5. The summed E-state index contributed by atoms with van der Waals surface area (Å²) in [6.45, 7) is 4.20. The Balaban J connectivity index is 2.16. The Morgan fingerprint density at radius 3 is 2.60 bits per heavy atom. The molecule has 0 saturated heterocycles. The van der Waals surface area contributed by atoms with Crippen molar-refractivity contribution in [3.63, 3.8) is 0 Å². The lowest BCUT2D eigenvalue weighted by molar-refractivity contribution is -0.128. The predicted octanol–water partition coefficient (Wildman–Crippen LogP) is 0.833. The summed E-state index contributed by atoms with van der Waals surface area (Å²) in [5.41, 5.74) is -0.673. The minimum atomic E-state index is -0.673. The molecule has 1 saturated carbocycles. The number of rotatable bonds is 5. The molecule has 1 aliphatic carbocycles. The molecule has 0 unspecified atom stereocenters. The van der Waals surface area contributed by atoms with Crippen LogP contribution >= 0.6 is 0 Å². The van der Waals surface area contributed by atoms with Crippen molar-refractivity contribution in [3.8, 4) is 0 Å². The zero-order valence-electron chi connectivity index (χ0n) is 9.58. The number of amides is 1. The highest BCUT2D eigenvalue weighted by atomic mass is 16.5. The van der Waals surface area contributed by atoms with Crippen molar-refractivity contribution in [2.24, 2.45) is 0 Å². The molecule has 0 atom stereocenters. The van der Waals surface area contributed by atoms with Crippen molar-refractivity contribution in [3.05, 3.63) is 0 Å². The lowest BCUT2D eigenvalue weighted by Crippen LogP contribution is -2.42. The number of hydrogen-bond acceptors (Lipinski definition) is 3. The standard InChI is InChI=1S/C11H21NO3/c1-9(2)15-7-10(13)12-8-11(14)5-3-4-6-11/h9,14H,3-8H2,1-2H3,(H,12,13). The molecule has 1 amide bonds. The SMILES string of the molecule is CC(C)OCC(=O)NCC1(O)CCCC1. The average molecular weight is 215 g/mol. The third-order valence-electron chi connectivity index (χ3n) is 2.70. The monoisotopic (exact) mass is 215 g/mol. The van der Waals surface area contributed by atoms with Gasteiger partial charge in [-0.2, -0.15) is 0 Å². The van der Waals surface area contributed by atoms with Gasteiger partial charge in [-0.1, -0.05) is 12.8 Å². The number of carbonyl (C=O) groups is 1. The summed E-state index contributed by atoms with van der Waals surface area (Å²) in [6.07, 6.45) is 3.74. The van der Waals surface area contributed by atoms with Gasteiger partial charge in [0.2, 0.25) is 5.91 Å². The van der Waals surface area contributed by atoms with Crippen LogP contribution in [0, 0.1) is 0 Å². The summed E-state index contributed by atoms with van der Waals surface area (Å²) in [7, 11) is 0. The van der Waals surface area contributed by atoms with Crippen LogP contribution in [0.3, 0.4) is 0 Å². The Hall–Kier alpha value is -0.610. The van der Waals surface area contributed by atoms with E-state index in [-0.39, 0.29) is 18.6 Å². The highest BCUT2D eigenvalue weighted by Crippen LogP contribution is 2.28. The molecular weight excluding hydrogens is 194 g/mol. The Bertz CT molecular complexity index is 210. The van der Waals surface area contributed by atoms with Gasteiger partial charge in [-0.25, -0.2) is 0 Å². The fourth-order valence-corrected chi connectivity index (χ4v) is 1.77. The highest BCUT2D eigenvalue weighted by Gasteiger charge is 2.31. The largest absolute Gasteiger partial charge is 0.388 e. The Morgan fingerprint density at radius 2 is 2.07 bits per heavy atom. The molecule has 15 heavy (non-hydrogen) atoms. The van der Waals surface area contributed by atoms with Gasteiger partial charge in [0.1, 0.15) is 6.61 Å². The van der Waals surface area contributed by atoms with Crippen molar-refractivity contribution >= 4 is 5.91 Å². The van der Waals surface area contributed by atoms with E-state index in [0.29, 0.717) is 6.54 Å². The maximum absolute atomic E-state index is 11.3. The average Bonchev–Trinajstić information content (AvgIpc) is 2.60. The zero-order valence-corrected chi connectivity index (χ0v) is 9.58. The molecule has 0 radical (unpaired) electrons. The number of carbonyl (C=O) groups excluding carboxylic acids is 1. The molecule has 0 heterocycles. The second-order valence-electron chi connectivity index (χ2n) is 4.57. The van der Waals surface area contributed by atoms with Gasteiger partial charge in [0.25, 0.3) is 0 Å². The molecule has 0 aromatic carbocycles. The first-order chi connectivity index (χ1) is 7.02. The molecule has 0 aromatic heterocycles. The molecule has 88 valence electrons. The van der Waals surface area contributed by atoms with Crippen LogP contribution in [0.4, 0.5) is 0 Å². The van der Waals surface area contributed by atoms with Crippen LogP contribution in [-0.4, -0.2) is 35.9 Å². The van der Waals surface area contributed by atoms with E-state index < -0.39 is 5.60 Å². The lowest BCUT2D eigenvalue weighted by Gasteiger charge is -2.22. The molecule has 0 aromatic rings. The summed E-state index contributed by atoms with van der Waals surface area (Å²) in [6, 6.07) is 0. The first-order valence-electron chi connectivity index (χ1n) is 5.62. The van der Waals surface area contributed by atoms with E-state index in [4.69, 9.17) is 4.74 Å². The van der Waals surface area contributed by atoms with E-state index in [0.717, 1.165) is 25.7 Å². The van der Waals surface area contributed by atoms with E-state index in [2.05, 4.69) is 5.32 Å². The van der Waals surface area contributed by atoms with Crippen molar-refractivity contribution < 1.29 is 14.6 Å². The summed E-state index contributed by atoms with van der Waals surface area (Å²) in [5.74, 6) is -0.149. The van der Waals surface area contributed by atoms with Gasteiger partial charge >= 0.3 is 0 Å². The van der Waals surface area contributed by atoms with Gasteiger partial charge < -0.3 is 15.2 Å². The van der Waals surface area contributed by atoms with Crippen LogP contribution in [0.5, 0.6) is 0 Å². The van der Waals surface area contributed by atoms with Crippen molar-refractivity contribution in [2.75, 3.05) is 13.2 Å². The number of ether oxygens (including phenoxy) is 1. The summed E-state index contributed by atoms with van der Waals surface area (Å²) >= 11 is 0. The van der Waals surface area contributed by atoms with Gasteiger partial charge in [0.05, 0.1) is 11.7 Å². The maximum Gasteiger partial charge on any atom is 0.246 e. The molecule has 2 N–H and O–H groups in total. The Morgan fingerprint density at radius 1 is 1.47 bits per heavy atom. The van der Waals surface area contributed by atoms with E-state index in [1.54, 1.807) is 0 Å². The zero-order chi connectivity index (χ0) is 11.3. The van der Waals surface area contributed by atoms with Crippen LogP contribution < -0.4 is 5.32 Å². The van der Waals surface area contributed by atoms with Crippen LogP contribution in [0.25, 0.3) is 0 Å². The number of hydrogen-bond donors (Lipinski definition) is 2. The van der Waals surface area contributed by atoms with Crippen LogP contribution in [-0.2, 0) is 9.53 Å². The van der Waals surface area contributed by atoms with E-state index in [1.807, 2.05) is 13.8 Å². The topological polar surface area (TPSA) is 58.6 Å². The first kappa shape index (κ1) is 12.5. The maximum atomic E-state index is 11.3. The van der Waals surface area contributed by atoms with E-state index in [1.165, 1.54) is 0 Å². The fraction of sp³-hybridized carbons (Fsp3) is 0.909. The minimum absolute atomic E-state index is 0.0605. The Labute approximate surface area is 91.0 Å². The van der Waals surface area contributed by atoms with Crippen molar-refractivity contribution in [1.82, 2.24) is 5.32 Å². The number of nitrogens with one attached hydrogen (secondary N) is 1. The van der Waals surface area contributed by atoms with Crippen LogP contribution in [0.2, 0.25) is 0 Å². The Kier molecular flexibility index (Phi) is 4.54. The third kappa shape index (κ3) is 4.62. The third-order valence-corrected chi connectivity index (χ3v) is 2.70. The van der Waals surface area contributed by atoms with Crippen molar-refractivity contribution in [1.29, 1.82) is 0 Å². The summed E-state index contributed by atoms with van der Waals surface area (Å²) in [5, 5.41) is 12.7. The molecule has 0 bridgehead atoms. The molecule has 1 rings (SSSR count). The van der Waals surface area contributed by atoms with E-state index in [9.17, 15) is 9.90 Å². The van der Waals surface area contributed by atoms with Crippen LogP contribution in [0.15, 0.2) is 0 Å². The quantitative estimate of drug-likeness (QED) is 0.714. The lowest BCUT2D eigenvalue weighted by atomic mass is 10.0. The summed E-state index contributed by atoms with van der Waals surface area (Å²) < 4.78 is 5.16. The number of aliphatic hydroxyl groups is 1. The van der Waals surface area contributed by atoms with Crippen molar-refractivity contribution in [2.45, 2.75) is 51.2 Å². The molecule has 0 spiro atoms. The van der Waals surface area contributed by atoms with Gasteiger partial charge in [-0.3, -0.25) is 4.79 Å². The fourth-order valence-electron chi connectivity index (χ4n) is 1.77. The van der Waals surface area contributed by atoms with E-state index >= 15 is 0 Å². The van der Waals surface area contributed by atoms with Gasteiger partial charge in [-0.15, -0.1) is 0 Å². The summed E-state index contributed by atoms with van der Waals surface area (Å²) in [4.78, 5) is 11.3. The smallest absolute Gasteiger partial charge is 0.246 e. The molecule has 4 nitrogen and oxygen atoms in total. The molecular formula is C11H21NO3. The van der Waals surface area contributed by atoms with Crippen LogP contribution in [0.1, 0.15) is 39.5 Å². The highest BCUT2D eigenvalue weighted by molar-refractivity contribution is 5.77. The second kappa shape index (κ2) is 5.47. The molecule has 1 fully saturated rings. The molecule has 0 aliphatic heterocycles. The predicted molar refractivity (Wildman–Crippen MR) is 57.5 cm³/mol. The molecule has 1 aliphatic rings. The second-order valence-corrected chi connectivity index (χ2v) is 4.57.